The summed E-state index contributed by atoms with van der Waals surface area (Å²) in [5, 5.41) is 2.49. The Hall–Kier alpha value is -1.92. The molecule has 7 heteroatoms. The molecule has 21 heavy (non-hydrogen) atoms. The molecule has 0 spiro atoms. The number of likely N-dealkylation sites (tertiary alicyclic amines) is 1. The van der Waals surface area contributed by atoms with Crippen molar-refractivity contribution in [3.63, 3.8) is 0 Å². The predicted molar refractivity (Wildman–Crippen MR) is 71.8 cm³/mol. The van der Waals surface area contributed by atoms with Crippen LogP contribution in [0.15, 0.2) is 0 Å². The van der Waals surface area contributed by atoms with Crippen molar-refractivity contribution >= 4 is 23.7 Å². The van der Waals surface area contributed by atoms with Crippen LogP contribution in [-0.2, 0) is 23.9 Å². The number of carbonyl (C=O) groups excluding carboxylic acids is 4. The van der Waals surface area contributed by atoms with Crippen molar-refractivity contribution in [2.75, 3.05) is 19.7 Å². The highest BCUT2D eigenvalue weighted by Gasteiger charge is 2.48. The number of hydrogen-bond donors (Lipinski definition) is 1. The molecule has 1 N–H and O–H groups in total. The third-order valence-corrected chi connectivity index (χ3v) is 3.96. The first-order valence-electron chi connectivity index (χ1n) is 7.32. The van der Waals surface area contributed by atoms with E-state index in [1.165, 1.54) is 0 Å². The second-order valence-corrected chi connectivity index (χ2v) is 5.37. The van der Waals surface area contributed by atoms with Gasteiger partial charge < -0.3 is 10.1 Å². The molecule has 1 saturated heterocycles. The molecule has 0 radical (unpaired) electrons. The number of rotatable bonds is 5. The second kappa shape index (κ2) is 6.69. The smallest absolute Gasteiger partial charge is 0.326 e. The number of amides is 3. The van der Waals surface area contributed by atoms with E-state index in [1.807, 2.05) is 0 Å². The van der Waals surface area contributed by atoms with Crippen LogP contribution in [-0.4, -0.2) is 48.3 Å². The highest BCUT2D eigenvalue weighted by atomic mass is 16.5. The van der Waals surface area contributed by atoms with Gasteiger partial charge in [-0.25, -0.2) is 0 Å². The van der Waals surface area contributed by atoms with Gasteiger partial charge in [0.15, 0.2) is 6.61 Å². The third kappa shape index (κ3) is 3.40. The van der Waals surface area contributed by atoms with E-state index in [4.69, 9.17) is 4.74 Å². The Balaban J connectivity index is 1.87. The number of carbonyl (C=O) groups is 4. The van der Waals surface area contributed by atoms with Crippen LogP contribution in [0.25, 0.3) is 0 Å². The van der Waals surface area contributed by atoms with Crippen LogP contribution in [0.2, 0.25) is 0 Å². The van der Waals surface area contributed by atoms with E-state index in [0.29, 0.717) is 19.4 Å². The minimum Gasteiger partial charge on any atom is -0.454 e. The Morgan fingerprint density at radius 3 is 2.29 bits per heavy atom. The van der Waals surface area contributed by atoms with Crippen molar-refractivity contribution in [1.82, 2.24) is 10.2 Å². The topological polar surface area (TPSA) is 92.8 Å². The summed E-state index contributed by atoms with van der Waals surface area (Å²) >= 11 is 0. The normalized spacial score (nSPS) is 24.7. The fourth-order valence-corrected chi connectivity index (χ4v) is 2.96. The molecular weight excluding hydrogens is 276 g/mol. The number of nitrogens with zero attached hydrogens (tertiary/aromatic N) is 1. The highest BCUT2D eigenvalue weighted by molar-refractivity contribution is 6.07. The highest BCUT2D eigenvalue weighted by Crippen LogP contribution is 2.37. The Labute approximate surface area is 123 Å². The van der Waals surface area contributed by atoms with Crippen molar-refractivity contribution < 1.29 is 23.9 Å². The van der Waals surface area contributed by atoms with E-state index in [2.05, 4.69) is 5.32 Å². The monoisotopic (exact) mass is 296 g/mol. The average molecular weight is 296 g/mol. The zero-order valence-corrected chi connectivity index (χ0v) is 12.1. The van der Waals surface area contributed by atoms with Gasteiger partial charge in [0.05, 0.1) is 11.8 Å². The maximum Gasteiger partial charge on any atom is 0.326 e. The summed E-state index contributed by atoms with van der Waals surface area (Å²) in [7, 11) is 0. The lowest BCUT2D eigenvalue weighted by molar-refractivity contribution is -0.154. The summed E-state index contributed by atoms with van der Waals surface area (Å²) in [5.41, 5.74) is 0. The molecule has 0 aromatic carbocycles. The van der Waals surface area contributed by atoms with Gasteiger partial charge >= 0.3 is 5.97 Å². The van der Waals surface area contributed by atoms with E-state index in [9.17, 15) is 19.2 Å². The number of fused-ring (bicyclic) bond motifs is 1. The van der Waals surface area contributed by atoms with Gasteiger partial charge in [-0.05, 0) is 19.8 Å². The molecule has 1 aliphatic carbocycles. The summed E-state index contributed by atoms with van der Waals surface area (Å²) < 4.78 is 4.77. The van der Waals surface area contributed by atoms with Crippen molar-refractivity contribution in [3.8, 4) is 0 Å². The van der Waals surface area contributed by atoms with Gasteiger partial charge in [0.2, 0.25) is 11.8 Å². The summed E-state index contributed by atoms with van der Waals surface area (Å²) in [6, 6.07) is 0. The van der Waals surface area contributed by atoms with E-state index in [0.717, 1.165) is 17.7 Å². The number of nitrogens with one attached hydrogen (secondary N) is 1. The lowest BCUT2D eigenvalue weighted by atomic mass is 9.81. The molecule has 1 heterocycles. The average Bonchev–Trinajstić information content (AvgIpc) is 2.71. The summed E-state index contributed by atoms with van der Waals surface area (Å²) in [4.78, 5) is 48.1. The van der Waals surface area contributed by atoms with Gasteiger partial charge in [-0.3, -0.25) is 24.1 Å². The third-order valence-electron chi connectivity index (χ3n) is 3.96. The first kappa shape index (κ1) is 15.5. The largest absolute Gasteiger partial charge is 0.454 e. The van der Waals surface area contributed by atoms with E-state index in [-0.39, 0.29) is 23.7 Å². The molecule has 0 bridgehead atoms. The van der Waals surface area contributed by atoms with Crippen molar-refractivity contribution in [2.45, 2.75) is 32.6 Å². The quantitative estimate of drug-likeness (QED) is 0.562. The molecule has 0 aromatic heterocycles. The summed E-state index contributed by atoms with van der Waals surface area (Å²) in [6.07, 6.45) is 3.30. The van der Waals surface area contributed by atoms with Gasteiger partial charge in [-0.15, -0.1) is 0 Å². The maximum absolute atomic E-state index is 12.1. The fourth-order valence-electron chi connectivity index (χ4n) is 2.96. The number of likely N-dealkylation sites (N-methyl/N-ethyl adjacent to an activating group) is 1. The molecule has 1 aliphatic heterocycles. The zero-order chi connectivity index (χ0) is 15.4. The van der Waals surface area contributed by atoms with Crippen molar-refractivity contribution in [2.24, 2.45) is 11.8 Å². The van der Waals surface area contributed by atoms with Crippen LogP contribution in [0, 0.1) is 11.8 Å². The summed E-state index contributed by atoms with van der Waals surface area (Å²) in [6.45, 7) is 1.41. The molecule has 116 valence electrons. The molecule has 7 nitrogen and oxygen atoms in total. The Kier molecular flexibility index (Phi) is 4.93. The van der Waals surface area contributed by atoms with Crippen molar-refractivity contribution in [1.29, 1.82) is 0 Å². The van der Waals surface area contributed by atoms with Crippen LogP contribution >= 0.6 is 0 Å². The van der Waals surface area contributed by atoms with Gasteiger partial charge in [-0.2, -0.15) is 0 Å². The second-order valence-electron chi connectivity index (χ2n) is 5.37. The maximum atomic E-state index is 12.1. The van der Waals surface area contributed by atoms with E-state index >= 15 is 0 Å². The Bertz CT molecular complexity index is 438. The Morgan fingerprint density at radius 2 is 1.76 bits per heavy atom. The molecular formula is C14H20N2O5. The molecule has 2 rings (SSSR count). The van der Waals surface area contributed by atoms with Crippen LogP contribution in [0.4, 0.5) is 0 Å². The van der Waals surface area contributed by atoms with E-state index < -0.39 is 25.0 Å². The van der Waals surface area contributed by atoms with E-state index in [1.54, 1.807) is 6.92 Å². The SMILES string of the molecule is CCNC(=O)COC(=O)CN1C(=O)[C@H]2CCCC[C@@H]2C1=O. The number of imide groups is 1. The standard InChI is InChI=1S/C14H20N2O5/c1-2-15-11(17)8-21-12(18)7-16-13(19)9-5-3-4-6-10(9)14(16)20/h9-10H,2-8H2,1H3,(H,15,17)/t9-,10-/m0/s1. The molecule has 1 saturated carbocycles. The number of ether oxygens (including phenoxy) is 1. The first-order valence-corrected chi connectivity index (χ1v) is 7.32. The summed E-state index contributed by atoms with van der Waals surface area (Å²) in [5.74, 6) is -2.25. The van der Waals surface area contributed by atoms with Gasteiger partial charge in [0, 0.05) is 6.54 Å². The predicted octanol–water partition coefficient (Wildman–Crippen LogP) is -0.159. The first-order chi connectivity index (χ1) is 10.0. The van der Waals surface area contributed by atoms with Crippen LogP contribution in [0.1, 0.15) is 32.6 Å². The molecule has 2 atom stereocenters. The van der Waals surface area contributed by atoms with Crippen LogP contribution in [0.3, 0.4) is 0 Å². The number of hydrogen-bond acceptors (Lipinski definition) is 5. The van der Waals surface area contributed by atoms with Crippen LogP contribution in [0.5, 0.6) is 0 Å². The minimum absolute atomic E-state index is 0.276. The Morgan fingerprint density at radius 1 is 1.19 bits per heavy atom. The minimum atomic E-state index is -0.735. The lowest BCUT2D eigenvalue weighted by Gasteiger charge is -2.19. The van der Waals surface area contributed by atoms with Gasteiger partial charge in [0.25, 0.3) is 5.91 Å². The lowest BCUT2D eigenvalue weighted by Crippen LogP contribution is -2.38. The van der Waals surface area contributed by atoms with Crippen LogP contribution < -0.4 is 5.32 Å². The molecule has 3 amide bonds. The fraction of sp³-hybridized carbons (Fsp3) is 0.714. The van der Waals surface area contributed by atoms with Gasteiger partial charge in [0.1, 0.15) is 6.54 Å². The molecule has 2 aliphatic rings. The molecule has 2 fully saturated rings. The molecule has 0 unspecified atom stereocenters. The van der Waals surface area contributed by atoms with Crippen molar-refractivity contribution in [3.05, 3.63) is 0 Å². The number of esters is 1. The zero-order valence-electron chi connectivity index (χ0n) is 12.1. The molecule has 0 aromatic rings. The van der Waals surface area contributed by atoms with Gasteiger partial charge in [-0.1, -0.05) is 12.8 Å².